The van der Waals surface area contributed by atoms with E-state index >= 15 is 0 Å². The summed E-state index contributed by atoms with van der Waals surface area (Å²) in [7, 11) is 0. The Morgan fingerprint density at radius 3 is 2.95 bits per heavy atom. The molecule has 1 N–H and O–H groups in total. The lowest BCUT2D eigenvalue weighted by atomic mass is 9.98. The van der Waals surface area contributed by atoms with E-state index in [1.54, 1.807) is 11.3 Å². The number of hydrogen-bond acceptors (Lipinski definition) is 3. The summed E-state index contributed by atoms with van der Waals surface area (Å²) in [5.41, 5.74) is 0.800. The van der Waals surface area contributed by atoms with Crippen LogP contribution in [0.4, 0.5) is 0 Å². The predicted octanol–water partition coefficient (Wildman–Crippen LogP) is 3.36. The minimum Gasteiger partial charge on any atom is -0.336 e. The van der Waals surface area contributed by atoms with Gasteiger partial charge >= 0.3 is 0 Å². The first-order chi connectivity index (χ1) is 9.08. The lowest BCUT2D eigenvalue weighted by molar-refractivity contribution is 0.0661. The van der Waals surface area contributed by atoms with E-state index < -0.39 is 0 Å². The van der Waals surface area contributed by atoms with Crippen LogP contribution in [0.3, 0.4) is 0 Å². The highest BCUT2D eigenvalue weighted by Crippen LogP contribution is 2.23. The third-order valence-corrected chi connectivity index (χ3v) is 5.06. The zero-order valence-electron chi connectivity index (χ0n) is 11.5. The van der Waals surface area contributed by atoms with Gasteiger partial charge in [-0.3, -0.25) is 4.79 Å². The summed E-state index contributed by atoms with van der Waals surface area (Å²) in [6.45, 7) is 7.19. The normalized spacial score (nSPS) is 19.7. The number of thiophene rings is 1. The number of nitrogens with zero attached hydrogens (tertiary/aromatic N) is 1. The van der Waals surface area contributed by atoms with Gasteiger partial charge in [-0.25, -0.2) is 0 Å². The average molecular weight is 345 g/mol. The number of amides is 1. The third-order valence-electron chi connectivity index (χ3n) is 3.55. The van der Waals surface area contributed by atoms with Crippen LogP contribution in [-0.2, 0) is 0 Å². The predicted molar refractivity (Wildman–Crippen MR) is 83.8 cm³/mol. The first-order valence-corrected chi connectivity index (χ1v) is 8.51. The van der Waals surface area contributed by atoms with Crippen molar-refractivity contribution in [2.45, 2.75) is 32.7 Å². The quantitative estimate of drug-likeness (QED) is 0.908. The van der Waals surface area contributed by atoms with E-state index in [-0.39, 0.29) is 11.9 Å². The number of hydrogen-bond donors (Lipinski definition) is 1. The number of nitrogens with one attached hydrogen (secondary N) is 1. The molecule has 0 aliphatic carbocycles. The molecular weight excluding hydrogens is 324 g/mol. The molecule has 1 fully saturated rings. The van der Waals surface area contributed by atoms with Gasteiger partial charge in [0.1, 0.15) is 0 Å². The first kappa shape index (κ1) is 15.0. The van der Waals surface area contributed by atoms with Crippen molar-refractivity contribution in [3.05, 3.63) is 20.8 Å². The maximum atomic E-state index is 12.6. The molecule has 2 heterocycles. The van der Waals surface area contributed by atoms with E-state index in [4.69, 9.17) is 0 Å². The second-order valence-electron chi connectivity index (χ2n) is 5.40. The molecule has 106 valence electrons. The number of rotatable bonds is 4. The van der Waals surface area contributed by atoms with Gasteiger partial charge in [-0.2, -0.15) is 0 Å². The summed E-state index contributed by atoms with van der Waals surface area (Å²) in [4.78, 5) is 14.6. The fourth-order valence-electron chi connectivity index (χ4n) is 2.47. The Labute approximate surface area is 127 Å². The van der Waals surface area contributed by atoms with Gasteiger partial charge in [-0.1, -0.05) is 0 Å². The molecule has 1 aromatic heterocycles. The third kappa shape index (κ3) is 4.04. The molecule has 1 aliphatic rings. The van der Waals surface area contributed by atoms with Crippen molar-refractivity contribution in [3.8, 4) is 0 Å². The summed E-state index contributed by atoms with van der Waals surface area (Å²) in [5.74, 6) is 0.740. The molecule has 1 unspecified atom stereocenters. The minimum atomic E-state index is 0.155. The second-order valence-corrected chi connectivity index (χ2v) is 7.69. The van der Waals surface area contributed by atoms with Gasteiger partial charge in [-0.15, -0.1) is 11.3 Å². The molecule has 19 heavy (non-hydrogen) atoms. The molecule has 2 rings (SSSR count). The number of carbonyl (C=O) groups excluding carboxylic acids is 1. The van der Waals surface area contributed by atoms with Crippen molar-refractivity contribution in [2.75, 3.05) is 19.6 Å². The van der Waals surface area contributed by atoms with E-state index in [0.29, 0.717) is 5.92 Å². The average Bonchev–Trinajstić information content (AvgIpc) is 2.83. The Balaban J connectivity index is 2.04. The molecule has 3 nitrogen and oxygen atoms in total. The van der Waals surface area contributed by atoms with Gasteiger partial charge in [-0.05, 0) is 67.7 Å². The fraction of sp³-hybridized carbons (Fsp3) is 0.643. The number of halogens is 1. The molecule has 0 spiro atoms. The topological polar surface area (TPSA) is 32.3 Å². The highest BCUT2D eigenvalue weighted by Gasteiger charge is 2.24. The summed E-state index contributed by atoms with van der Waals surface area (Å²) >= 11 is 4.99. The van der Waals surface area contributed by atoms with Crippen LogP contribution >= 0.6 is 27.3 Å². The Morgan fingerprint density at radius 1 is 1.63 bits per heavy atom. The van der Waals surface area contributed by atoms with Crippen LogP contribution in [0, 0.1) is 5.92 Å². The Kier molecular flexibility index (Phi) is 5.42. The van der Waals surface area contributed by atoms with Crippen LogP contribution in [-0.4, -0.2) is 36.5 Å². The molecule has 1 aliphatic heterocycles. The van der Waals surface area contributed by atoms with Gasteiger partial charge in [0.15, 0.2) is 0 Å². The van der Waals surface area contributed by atoms with E-state index in [0.717, 1.165) is 29.0 Å². The summed E-state index contributed by atoms with van der Waals surface area (Å²) in [5, 5.41) is 5.35. The van der Waals surface area contributed by atoms with Crippen molar-refractivity contribution in [3.63, 3.8) is 0 Å². The maximum Gasteiger partial charge on any atom is 0.254 e. The van der Waals surface area contributed by atoms with Gasteiger partial charge in [0.2, 0.25) is 0 Å². The van der Waals surface area contributed by atoms with Crippen LogP contribution in [0.25, 0.3) is 0 Å². The van der Waals surface area contributed by atoms with E-state index in [1.807, 2.05) is 16.3 Å². The van der Waals surface area contributed by atoms with Crippen molar-refractivity contribution < 1.29 is 4.79 Å². The largest absolute Gasteiger partial charge is 0.336 e. The highest BCUT2D eigenvalue weighted by atomic mass is 79.9. The molecule has 0 radical (unpaired) electrons. The standard InChI is InChI=1S/C14H21BrN2OS/c1-10(2)17(8-11-4-3-5-16-7-11)14(18)12-6-13(15)19-9-12/h6,9-11,16H,3-5,7-8H2,1-2H3. The Bertz CT molecular complexity index is 427. The molecule has 0 saturated carbocycles. The van der Waals surface area contributed by atoms with Crippen molar-refractivity contribution >= 4 is 33.2 Å². The van der Waals surface area contributed by atoms with Crippen LogP contribution in [0.5, 0.6) is 0 Å². The molecule has 5 heteroatoms. The maximum absolute atomic E-state index is 12.6. The van der Waals surface area contributed by atoms with Crippen molar-refractivity contribution in [2.24, 2.45) is 5.92 Å². The van der Waals surface area contributed by atoms with Crippen LogP contribution in [0.2, 0.25) is 0 Å². The van der Waals surface area contributed by atoms with Gasteiger partial charge in [0, 0.05) is 18.0 Å². The van der Waals surface area contributed by atoms with Crippen molar-refractivity contribution in [1.82, 2.24) is 10.2 Å². The molecule has 1 aromatic rings. The van der Waals surface area contributed by atoms with Gasteiger partial charge in [0.25, 0.3) is 5.91 Å². The molecule has 1 atom stereocenters. The zero-order valence-corrected chi connectivity index (χ0v) is 13.9. The smallest absolute Gasteiger partial charge is 0.254 e. The van der Waals surface area contributed by atoms with Crippen LogP contribution < -0.4 is 5.32 Å². The number of carbonyl (C=O) groups is 1. The lowest BCUT2D eigenvalue weighted by Crippen LogP contribution is -2.44. The summed E-state index contributed by atoms with van der Waals surface area (Å²) in [6.07, 6.45) is 2.44. The minimum absolute atomic E-state index is 0.155. The van der Waals surface area contributed by atoms with Crippen molar-refractivity contribution in [1.29, 1.82) is 0 Å². The molecule has 1 saturated heterocycles. The van der Waals surface area contributed by atoms with E-state index in [2.05, 4.69) is 35.1 Å². The zero-order chi connectivity index (χ0) is 13.8. The lowest BCUT2D eigenvalue weighted by Gasteiger charge is -2.32. The fourth-order valence-corrected chi connectivity index (χ4v) is 3.60. The highest BCUT2D eigenvalue weighted by molar-refractivity contribution is 9.11. The molecule has 1 amide bonds. The van der Waals surface area contributed by atoms with Crippen LogP contribution in [0.1, 0.15) is 37.0 Å². The Morgan fingerprint density at radius 2 is 2.42 bits per heavy atom. The van der Waals surface area contributed by atoms with Gasteiger partial charge in [0.05, 0.1) is 9.35 Å². The second kappa shape index (κ2) is 6.86. The molecule has 0 bridgehead atoms. The summed E-state index contributed by atoms with van der Waals surface area (Å²) < 4.78 is 1.01. The Hall–Kier alpha value is -0.390. The van der Waals surface area contributed by atoms with Gasteiger partial charge < -0.3 is 10.2 Å². The molecule has 0 aromatic carbocycles. The van der Waals surface area contributed by atoms with Crippen LogP contribution in [0.15, 0.2) is 15.2 Å². The number of piperidine rings is 1. The SMILES string of the molecule is CC(C)N(CC1CCCNC1)C(=O)c1csc(Br)c1. The first-order valence-electron chi connectivity index (χ1n) is 6.83. The van der Waals surface area contributed by atoms with E-state index in [1.165, 1.54) is 12.8 Å². The summed E-state index contributed by atoms with van der Waals surface area (Å²) in [6, 6.07) is 2.16. The monoisotopic (exact) mass is 344 g/mol. The molecular formula is C14H21BrN2OS. The van der Waals surface area contributed by atoms with E-state index in [9.17, 15) is 4.79 Å².